The number of rotatable bonds is 6. The summed E-state index contributed by atoms with van der Waals surface area (Å²) in [7, 11) is -2.58. The molecule has 2 aromatic rings. The maximum absolute atomic E-state index is 12.7. The lowest BCUT2D eigenvalue weighted by atomic mass is 10.2. The first-order chi connectivity index (χ1) is 13.0. The molecule has 0 aromatic heterocycles. The number of nitrogens with zero attached hydrogens (tertiary/aromatic N) is 1. The van der Waals surface area contributed by atoms with Crippen molar-refractivity contribution in [2.45, 2.75) is 13.0 Å². The van der Waals surface area contributed by atoms with Crippen LogP contribution in [0.1, 0.15) is 17.3 Å². The Balaban J connectivity index is 2.33. The fraction of sp³-hybridized carbons (Fsp3) is 0.222. The van der Waals surface area contributed by atoms with Crippen molar-refractivity contribution in [2.24, 2.45) is 0 Å². The molecule has 0 aliphatic rings. The van der Waals surface area contributed by atoms with Crippen molar-refractivity contribution >= 4 is 56.5 Å². The minimum absolute atomic E-state index is 0.0735. The third-order valence-electron chi connectivity index (χ3n) is 3.79. The summed E-state index contributed by atoms with van der Waals surface area (Å²) in [5.74, 6) is -1.27. The number of benzene rings is 2. The number of esters is 1. The molecule has 0 bridgehead atoms. The molecule has 2 aromatic carbocycles. The van der Waals surface area contributed by atoms with Crippen LogP contribution in [-0.4, -0.2) is 39.7 Å². The van der Waals surface area contributed by atoms with Gasteiger partial charge in [-0.3, -0.25) is 9.10 Å². The first-order valence-corrected chi connectivity index (χ1v) is 10.6. The van der Waals surface area contributed by atoms with Gasteiger partial charge in [0.2, 0.25) is 15.9 Å². The van der Waals surface area contributed by atoms with Crippen LogP contribution in [-0.2, 0) is 19.6 Å². The second-order valence-corrected chi connectivity index (χ2v) is 8.59. The average Bonchev–Trinajstić information content (AvgIpc) is 2.61. The zero-order valence-corrected chi connectivity index (χ0v) is 17.6. The molecular formula is C18H18Cl2N2O5S. The number of carbonyl (C=O) groups excluding carboxylic acids is 2. The number of halogens is 2. The van der Waals surface area contributed by atoms with Crippen molar-refractivity contribution in [3.63, 3.8) is 0 Å². The number of hydrogen-bond donors (Lipinski definition) is 1. The molecule has 0 aliphatic heterocycles. The van der Waals surface area contributed by atoms with Gasteiger partial charge >= 0.3 is 5.97 Å². The van der Waals surface area contributed by atoms with Crippen LogP contribution in [0, 0.1) is 0 Å². The molecule has 1 amide bonds. The lowest BCUT2D eigenvalue weighted by Gasteiger charge is -2.28. The predicted molar refractivity (Wildman–Crippen MR) is 110 cm³/mol. The summed E-state index contributed by atoms with van der Waals surface area (Å²) < 4.78 is 30.2. The Kier molecular flexibility index (Phi) is 6.92. The van der Waals surface area contributed by atoms with E-state index in [1.807, 2.05) is 0 Å². The molecule has 0 heterocycles. The maximum Gasteiger partial charge on any atom is 0.339 e. The molecule has 0 spiro atoms. The van der Waals surface area contributed by atoms with E-state index in [1.165, 1.54) is 44.4 Å². The van der Waals surface area contributed by atoms with E-state index >= 15 is 0 Å². The number of nitrogens with one attached hydrogen (secondary N) is 1. The number of hydrogen-bond acceptors (Lipinski definition) is 5. The molecule has 0 saturated carbocycles. The number of methoxy groups -OCH3 is 1. The van der Waals surface area contributed by atoms with E-state index in [9.17, 15) is 18.0 Å². The normalized spacial score (nSPS) is 12.2. The highest BCUT2D eigenvalue weighted by molar-refractivity contribution is 7.92. The summed E-state index contributed by atoms with van der Waals surface area (Å²) in [4.78, 5) is 24.4. The van der Waals surface area contributed by atoms with Gasteiger partial charge in [-0.25, -0.2) is 13.2 Å². The average molecular weight is 445 g/mol. The van der Waals surface area contributed by atoms with Gasteiger partial charge in [0.1, 0.15) is 6.04 Å². The van der Waals surface area contributed by atoms with E-state index in [2.05, 4.69) is 10.1 Å². The Morgan fingerprint density at radius 1 is 1.14 bits per heavy atom. The van der Waals surface area contributed by atoms with Gasteiger partial charge in [0.25, 0.3) is 0 Å². The summed E-state index contributed by atoms with van der Waals surface area (Å²) in [5, 5.41) is 3.07. The predicted octanol–water partition coefficient (Wildman–Crippen LogP) is 3.57. The van der Waals surface area contributed by atoms with E-state index in [1.54, 1.807) is 12.1 Å². The van der Waals surface area contributed by atoms with Crippen LogP contribution >= 0.6 is 23.2 Å². The molecule has 7 nitrogen and oxygen atoms in total. The summed E-state index contributed by atoms with van der Waals surface area (Å²) >= 11 is 11.9. The summed E-state index contributed by atoms with van der Waals surface area (Å²) in [6.45, 7) is 1.44. The van der Waals surface area contributed by atoms with E-state index in [0.29, 0.717) is 5.02 Å². The van der Waals surface area contributed by atoms with Gasteiger partial charge in [-0.2, -0.15) is 0 Å². The van der Waals surface area contributed by atoms with Crippen LogP contribution in [0.25, 0.3) is 0 Å². The van der Waals surface area contributed by atoms with Crippen molar-refractivity contribution in [3.8, 4) is 0 Å². The monoisotopic (exact) mass is 444 g/mol. The Hall–Kier alpha value is -2.29. The van der Waals surface area contributed by atoms with E-state index in [0.717, 1.165) is 10.6 Å². The van der Waals surface area contributed by atoms with Crippen LogP contribution in [0.3, 0.4) is 0 Å². The third kappa shape index (κ3) is 5.15. The van der Waals surface area contributed by atoms with Gasteiger partial charge in [0, 0.05) is 10.7 Å². The fourth-order valence-corrected chi connectivity index (χ4v) is 4.08. The molecule has 1 N–H and O–H groups in total. The Morgan fingerprint density at radius 3 is 2.39 bits per heavy atom. The Morgan fingerprint density at radius 2 is 1.82 bits per heavy atom. The third-order valence-corrected chi connectivity index (χ3v) is 5.60. The molecule has 10 heteroatoms. The van der Waals surface area contributed by atoms with Crippen molar-refractivity contribution in [1.29, 1.82) is 0 Å². The highest BCUT2D eigenvalue weighted by Crippen LogP contribution is 2.26. The van der Waals surface area contributed by atoms with Crippen LogP contribution < -0.4 is 9.62 Å². The van der Waals surface area contributed by atoms with Crippen molar-refractivity contribution in [1.82, 2.24) is 0 Å². The molecule has 0 aliphatic carbocycles. The lowest BCUT2D eigenvalue weighted by Crippen LogP contribution is -2.45. The van der Waals surface area contributed by atoms with E-state index in [4.69, 9.17) is 23.2 Å². The minimum atomic E-state index is -3.78. The van der Waals surface area contributed by atoms with E-state index < -0.39 is 27.9 Å². The molecule has 0 radical (unpaired) electrons. The van der Waals surface area contributed by atoms with Crippen molar-refractivity contribution < 1.29 is 22.7 Å². The van der Waals surface area contributed by atoms with Gasteiger partial charge in [-0.15, -0.1) is 0 Å². The Labute approximate surface area is 173 Å². The molecule has 1 unspecified atom stereocenters. The SMILES string of the molecule is COC(=O)c1cc(NC(=O)C(C)N(c2cccc(Cl)c2)S(C)(=O)=O)ccc1Cl. The number of sulfonamides is 1. The summed E-state index contributed by atoms with van der Waals surface area (Å²) in [5.41, 5.74) is 0.592. The number of anilines is 2. The van der Waals surface area contributed by atoms with Gasteiger partial charge in [0.05, 0.1) is 29.6 Å². The van der Waals surface area contributed by atoms with Crippen LogP contribution in [0.2, 0.25) is 10.0 Å². The van der Waals surface area contributed by atoms with Gasteiger partial charge in [-0.1, -0.05) is 29.3 Å². The lowest BCUT2D eigenvalue weighted by molar-refractivity contribution is -0.116. The fourth-order valence-electron chi connectivity index (χ4n) is 2.54. The van der Waals surface area contributed by atoms with Crippen molar-refractivity contribution in [2.75, 3.05) is 23.0 Å². The molecule has 0 fully saturated rings. The van der Waals surface area contributed by atoms with Crippen LogP contribution in [0.5, 0.6) is 0 Å². The summed E-state index contributed by atoms with van der Waals surface area (Å²) in [6, 6.07) is 9.34. The first-order valence-electron chi connectivity index (χ1n) is 7.98. The second-order valence-electron chi connectivity index (χ2n) is 5.89. The molecule has 2 rings (SSSR count). The van der Waals surface area contributed by atoms with Crippen LogP contribution in [0.4, 0.5) is 11.4 Å². The number of amides is 1. The molecular weight excluding hydrogens is 427 g/mol. The maximum atomic E-state index is 12.7. The zero-order chi connectivity index (χ0) is 21.1. The van der Waals surface area contributed by atoms with Gasteiger partial charge < -0.3 is 10.1 Å². The quantitative estimate of drug-likeness (QED) is 0.687. The smallest absolute Gasteiger partial charge is 0.339 e. The zero-order valence-electron chi connectivity index (χ0n) is 15.3. The number of ether oxygens (including phenoxy) is 1. The largest absolute Gasteiger partial charge is 0.465 e. The topological polar surface area (TPSA) is 92.8 Å². The minimum Gasteiger partial charge on any atom is -0.465 e. The van der Waals surface area contributed by atoms with Crippen LogP contribution in [0.15, 0.2) is 42.5 Å². The van der Waals surface area contributed by atoms with Gasteiger partial charge in [-0.05, 0) is 43.3 Å². The highest BCUT2D eigenvalue weighted by atomic mass is 35.5. The molecule has 28 heavy (non-hydrogen) atoms. The molecule has 1 atom stereocenters. The Bertz CT molecular complexity index is 1010. The standard InChI is InChI=1S/C18H18Cl2N2O5S/c1-11(22(28(3,25)26)14-6-4-5-12(19)9-14)17(23)21-13-7-8-16(20)15(10-13)18(24)27-2/h4-11H,1-3H3,(H,21,23). The second kappa shape index (κ2) is 8.81. The first kappa shape index (κ1) is 22.0. The molecule has 150 valence electrons. The van der Waals surface area contributed by atoms with Gasteiger partial charge in [0.15, 0.2) is 0 Å². The highest BCUT2D eigenvalue weighted by Gasteiger charge is 2.29. The van der Waals surface area contributed by atoms with Crippen molar-refractivity contribution in [3.05, 3.63) is 58.1 Å². The summed E-state index contributed by atoms with van der Waals surface area (Å²) in [6.07, 6.45) is 0.995. The number of carbonyl (C=O) groups is 2. The molecule has 0 saturated heterocycles. The van der Waals surface area contributed by atoms with E-state index in [-0.39, 0.29) is 22.0 Å².